The first-order valence-corrected chi connectivity index (χ1v) is 13.3. The van der Waals surface area contributed by atoms with Crippen molar-refractivity contribution in [2.45, 2.75) is 46.5 Å². The second-order valence-corrected chi connectivity index (χ2v) is 11.4. The summed E-state index contributed by atoms with van der Waals surface area (Å²) in [5.41, 5.74) is 4.11. The van der Waals surface area contributed by atoms with Gasteiger partial charge in [0.25, 0.3) is 0 Å². The SMILES string of the molecule is CC(C)(C)CC(=O)Nc1cncc(-c2cc3c(-c4nc5c(N6CCCCC6)nccc5[nH]4)n[nH]c3cc2F)c1. The van der Waals surface area contributed by atoms with E-state index in [0.29, 0.717) is 40.3 Å². The fourth-order valence-corrected chi connectivity index (χ4v) is 5.15. The number of nitrogens with zero attached hydrogens (tertiary/aromatic N) is 5. The number of amides is 1. The van der Waals surface area contributed by atoms with Crippen LogP contribution in [0.4, 0.5) is 15.9 Å². The highest BCUT2D eigenvalue weighted by molar-refractivity contribution is 5.97. The Balaban J connectivity index is 1.37. The average Bonchev–Trinajstić information content (AvgIpc) is 3.51. The standard InChI is InChI=1S/C29H31FN8O/c1-29(2,3)14-24(39)33-18-11-17(15-31-16-18)19-12-20-23(13-21(19)30)36-37-25(20)27-34-22-7-8-32-28(26(22)35-27)38-9-5-4-6-10-38/h7-8,11-13,15-16H,4-6,9-10,14H2,1-3H3,(H,33,39)(H,34,35)(H,36,37). The van der Waals surface area contributed by atoms with Crippen molar-refractivity contribution in [1.29, 1.82) is 0 Å². The number of rotatable bonds is 5. The normalized spacial score (nSPS) is 14.3. The maximum absolute atomic E-state index is 15.3. The first kappa shape index (κ1) is 25.0. The zero-order chi connectivity index (χ0) is 27.1. The van der Waals surface area contributed by atoms with Crippen LogP contribution in [0.2, 0.25) is 0 Å². The van der Waals surface area contributed by atoms with Crippen LogP contribution in [-0.2, 0) is 4.79 Å². The molecule has 0 spiro atoms. The molecule has 5 heterocycles. The number of pyridine rings is 2. The third kappa shape index (κ3) is 5.06. The Labute approximate surface area is 225 Å². The Kier molecular flexibility index (Phi) is 6.25. The van der Waals surface area contributed by atoms with Crippen LogP contribution in [0.3, 0.4) is 0 Å². The van der Waals surface area contributed by atoms with E-state index < -0.39 is 5.82 Å². The number of hydrogen-bond acceptors (Lipinski definition) is 6. The second kappa shape index (κ2) is 9.76. The number of piperidine rings is 1. The molecule has 5 aromatic rings. The Bertz CT molecular complexity index is 1680. The summed E-state index contributed by atoms with van der Waals surface area (Å²) in [4.78, 5) is 31.9. The Hall–Kier alpha value is -4.34. The molecule has 0 radical (unpaired) electrons. The Morgan fingerprint density at radius 1 is 1.10 bits per heavy atom. The minimum Gasteiger partial charge on any atom is -0.355 e. The van der Waals surface area contributed by atoms with E-state index in [4.69, 9.17) is 4.98 Å². The van der Waals surface area contributed by atoms with Crippen molar-refractivity contribution in [2.75, 3.05) is 23.3 Å². The van der Waals surface area contributed by atoms with Crippen molar-refractivity contribution in [3.8, 4) is 22.6 Å². The number of carbonyl (C=O) groups is 1. The molecule has 1 fully saturated rings. The molecule has 1 aliphatic heterocycles. The first-order valence-electron chi connectivity index (χ1n) is 13.3. The predicted molar refractivity (Wildman–Crippen MR) is 151 cm³/mol. The summed E-state index contributed by atoms with van der Waals surface area (Å²) in [6.07, 6.45) is 8.83. The highest BCUT2D eigenvalue weighted by atomic mass is 19.1. The summed E-state index contributed by atoms with van der Waals surface area (Å²) in [6.45, 7) is 7.93. The van der Waals surface area contributed by atoms with Gasteiger partial charge in [0, 0.05) is 54.5 Å². The van der Waals surface area contributed by atoms with Crippen LogP contribution < -0.4 is 10.2 Å². The smallest absolute Gasteiger partial charge is 0.224 e. The molecule has 9 nitrogen and oxygen atoms in total. The lowest BCUT2D eigenvalue weighted by molar-refractivity contribution is -0.117. The van der Waals surface area contributed by atoms with Crippen molar-refractivity contribution in [2.24, 2.45) is 5.41 Å². The zero-order valence-electron chi connectivity index (χ0n) is 22.3. The number of benzene rings is 1. The second-order valence-electron chi connectivity index (χ2n) is 11.4. The summed E-state index contributed by atoms with van der Waals surface area (Å²) in [5, 5.41) is 11.0. The number of fused-ring (bicyclic) bond motifs is 2. The van der Waals surface area contributed by atoms with Crippen molar-refractivity contribution < 1.29 is 9.18 Å². The topological polar surface area (TPSA) is 115 Å². The van der Waals surface area contributed by atoms with E-state index in [0.717, 1.165) is 48.2 Å². The van der Waals surface area contributed by atoms with Crippen molar-refractivity contribution in [1.82, 2.24) is 30.1 Å². The number of anilines is 2. The van der Waals surface area contributed by atoms with E-state index in [2.05, 4.69) is 35.4 Å². The zero-order valence-corrected chi connectivity index (χ0v) is 22.3. The number of aromatic amines is 2. The maximum atomic E-state index is 15.3. The summed E-state index contributed by atoms with van der Waals surface area (Å²) in [6, 6.07) is 6.81. The molecule has 1 amide bonds. The minimum atomic E-state index is -0.418. The molecule has 6 rings (SSSR count). The van der Waals surface area contributed by atoms with Gasteiger partial charge < -0.3 is 15.2 Å². The molecule has 10 heteroatoms. The highest BCUT2D eigenvalue weighted by Gasteiger charge is 2.21. The minimum absolute atomic E-state index is 0.113. The van der Waals surface area contributed by atoms with Gasteiger partial charge in [-0.3, -0.25) is 14.9 Å². The van der Waals surface area contributed by atoms with Gasteiger partial charge in [-0.05, 0) is 42.9 Å². The summed E-state index contributed by atoms with van der Waals surface area (Å²) < 4.78 is 15.3. The number of halogens is 1. The van der Waals surface area contributed by atoms with Crippen LogP contribution in [0.1, 0.15) is 46.5 Å². The Morgan fingerprint density at radius 2 is 1.92 bits per heavy atom. The first-order chi connectivity index (χ1) is 18.7. The van der Waals surface area contributed by atoms with Crippen LogP contribution in [0, 0.1) is 11.2 Å². The molecule has 1 saturated heterocycles. The van der Waals surface area contributed by atoms with Gasteiger partial charge in [0.05, 0.1) is 22.9 Å². The van der Waals surface area contributed by atoms with Crippen LogP contribution in [-0.4, -0.2) is 49.1 Å². The molecule has 4 aromatic heterocycles. The van der Waals surface area contributed by atoms with Crippen LogP contribution in [0.5, 0.6) is 0 Å². The van der Waals surface area contributed by atoms with Crippen LogP contribution in [0.25, 0.3) is 44.6 Å². The molecule has 0 atom stereocenters. The molecule has 0 unspecified atom stereocenters. The maximum Gasteiger partial charge on any atom is 0.224 e. The largest absolute Gasteiger partial charge is 0.355 e. The summed E-state index contributed by atoms with van der Waals surface area (Å²) in [5.74, 6) is 0.927. The highest BCUT2D eigenvalue weighted by Crippen LogP contribution is 2.34. The lowest BCUT2D eigenvalue weighted by atomic mass is 9.92. The average molecular weight is 527 g/mol. The number of carbonyl (C=O) groups excluding carboxylic acids is 1. The molecule has 0 saturated carbocycles. The van der Waals surface area contributed by atoms with Gasteiger partial charge in [-0.1, -0.05) is 20.8 Å². The number of imidazole rings is 1. The van der Waals surface area contributed by atoms with Gasteiger partial charge in [-0.25, -0.2) is 14.4 Å². The van der Waals surface area contributed by atoms with Gasteiger partial charge in [0.15, 0.2) is 11.6 Å². The number of nitrogens with one attached hydrogen (secondary N) is 3. The molecule has 1 aliphatic rings. The molecule has 0 aliphatic carbocycles. The van der Waals surface area contributed by atoms with Crippen LogP contribution in [0.15, 0.2) is 42.9 Å². The van der Waals surface area contributed by atoms with Crippen molar-refractivity contribution in [3.05, 3.63) is 48.7 Å². The third-order valence-corrected chi connectivity index (χ3v) is 6.94. The monoisotopic (exact) mass is 526 g/mol. The molecule has 1 aromatic carbocycles. The quantitative estimate of drug-likeness (QED) is 0.256. The van der Waals surface area contributed by atoms with Crippen molar-refractivity contribution >= 4 is 39.3 Å². The van der Waals surface area contributed by atoms with E-state index in [1.807, 2.05) is 26.8 Å². The van der Waals surface area contributed by atoms with Gasteiger partial charge in [-0.15, -0.1) is 0 Å². The number of aromatic nitrogens is 6. The molecular formula is C29H31FN8O. The molecule has 0 bridgehead atoms. The number of hydrogen-bond donors (Lipinski definition) is 3. The van der Waals surface area contributed by atoms with E-state index in [-0.39, 0.29) is 11.3 Å². The predicted octanol–water partition coefficient (Wildman–Crippen LogP) is 6.07. The molecule has 200 valence electrons. The number of H-pyrrole nitrogens is 2. The van der Waals surface area contributed by atoms with Gasteiger partial charge in [0.2, 0.25) is 5.91 Å². The molecule has 39 heavy (non-hydrogen) atoms. The third-order valence-electron chi connectivity index (χ3n) is 6.94. The van der Waals surface area contributed by atoms with E-state index in [1.165, 1.54) is 12.5 Å². The fraction of sp³-hybridized carbons (Fsp3) is 0.345. The molecular weight excluding hydrogens is 495 g/mol. The van der Waals surface area contributed by atoms with E-state index >= 15 is 4.39 Å². The van der Waals surface area contributed by atoms with Gasteiger partial charge in [-0.2, -0.15) is 5.10 Å². The Morgan fingerprint density at radius 3 is 2.72 bits per heavy atom. The lowest BCUT2D eigenvalue weighted by Gasteiger charge is -2.27. The van der Waals surface area contributed by atoms with E-state index in [1.54, 1.807) is 30.7 Å². The lowest BCUT2D eigenvalue weighted by Crippen LogP contribution is -2.30. The van der Waals surface area contributed by atoms with E-state index in [9.17, 15) is 4.79 Å². The molecule has 3 N–H and O–H groups in total. The summed E-state index contributed by atoms with van der Waals surface area (Å²) in [7, 11) is 0. The van der Waals surface area contributed by atoms with Gasteiger partial charge in [0.1, 0.15) is 17.0 Å². The fourth-order valence-electron chi connectivity index (χ4n) is 5.15. The summed E-state index contributed by atoms with van der Waals surface area (Å²) >= 11 is 0. The van der Waals surface area contributed by atoms with Crippen LogP contribution >= 0.6 is 0 Å². The van der Waals surface area contributed by atoms with Gasteiger partial charge >= 0.3 is 0 Å². The van der Waals surface area contributed by atoms with Crippen molar-refractivity contribution in [3.63, 3.8) is 0 Å².